The lowest BCUT2D eigenvalue weighted by Crippen LogP contribution is -1.99. The summed E-state index contributed by atoms with van der Waals surface area (Å²) >= 11 is 0. The Balaban J connectivity index is 2.11. The van der Waals surface area contributed by atoms with Gasteiger partial charge in [0.2, 0.25) is 0 Å². The SMILES string of the molecule is Cc1ccc(C(=O)CCCCCCCC(=O)O)cc1. The topological polar surface area (TPSA) is 54.4 Å². The zero-order chi connectivity index (χ0) is 14.1. The van der Waals surface area contributed by atoms with Gasteiger partial charge in [0, 0.05) is 18.4 Å². The first-order valence-electron chi connectivity index (χ1n) is 6.91. The van der Waals surface area contributed by atoms with Gasteiger partial charge < -0.3 is 5.11 Å². The van der Waals surface area contributed by atoms with Gasteiger partial charge in [-0.25, -0.2) is 0 Å². The van der Waals surface area contributed by atoms with Gasteiger partial charge in [0.05, 0.1) is 0 Å². The van der Waals surface area contributed by atoms with Gasteiger partial charge in [-0.05, 0) is 19.8 Å². The molecular formula is C16H22O3. The molecule has 0 heterocycles. The van der Waals surface area contributed by atoms with Crippen molar-refractivity contribution in [1.82, 2.24) is 0 Å². The Hall–Kier alpha value is -1.64. The Labute approximate surface area is 114 Å². The Bertz CT molecular complexity index is 407. The Morgan fingerprint density at radius 1 is 0.895 bits per heavy atom. The van der Waals surface area contributed by atoms with Crippen LogP contribution in [0.2, 0.25) is 0 Å². The molecule has 1 aromatic rings. The molecule has 0 unspecified atom stereocenters. The number of hydrogen-bond donors (Lipinski definition) is 1. The maximum Gasteiger partial charge on any atom is 0.303 e. The highest BCUT2D eigenvalue weighted by Crippen LogP contribution is 2.11. The second-order valence-corrected chi connectivity index (χ2v) is 4.95. The average molecular weight is 262 g/mol. The number of carbonyl (C=O) groups is 2. The van der Waals surface area contributed by atoms with Crippen molar-refractivity contribution < 1.29 is 14.7 Å². The number of unbranched alkanes of at least 4 members (excludes halogenated alkanes) is 4. The van der Waals surface area contributed by atoms with E-state index in [0.29, 0.717) is 6.42 Å². The van der Waals surface area contributed by atoms with E-state index in [9.17, 15) is 9.59 Å². The van der Waals surface area contributed by atoms with Crippen LogP contribution in [0.15, 0.2) is 24.3 Å². The van der Waals surface area contributed by atoms with Crippen LogP contribution in [0.4, 0.5) is 0 Å². The molecule has 0 aliphatic carbocycles. The van der Waals surface area contributed by atoms with E-state index in [1.807, 2.05) is 31.2 Å². The number of rotatable bonds is 9. The highest BCUT2D eigenvalue weighted by atomic mass is 16.4. The number of ketones is 1. The van der Waals surface area contributed by atoms with E-state index in [2.05, 4.69) is 0 Å². The highest BCUT2D eigenvalue weighted by Gasteiger charge is 2.04. The van der Waals surface area contributed by atoms with E-state index in [4.69, 9.17) is 5.11 Å². The van der Waals surface area contributed by atoms with Crippen molar-refractivity contribution in [1.29, 1.82) is 0 Å². The summed E-state index contributed by atoms with van der Waals surface area (Å²) in [6.45, 7) is 2.01. The van der Waals surface area contributed by atoms with Gasteiger partial charge in [0.25, 0.3) is 0 Å². The standard InChI is InChI=1S/C16H22O3/c1-13-9-11-14(12-10-13)15(17)7-5-3-2-4-6-8-16(18)19/h9-12H,2-8H2,1H3,(H,18,19). The van der Waals surface area contributed by atoms with Crippen molar-refractivity contribution in [3.05, 3.63) is 35.4 Å². The number of hydrogen-bond acceptors (Lipinski definition) is 2. The average Bonchev–Trinajstić information content (AvgIpc) is 2.38. The maximum absolute atomic E-state index is 11.9. The number of carbonyl (C=O) groups excluding carboxylic acids is 1. The van der Waals surface area contributed by atoms with Gasteiger partial charge in [-0.15, -0.1) is 0 Å². The minimum atomic E-state index is -0.727. The lowest BCUT2D eigenvalue weighted by molar-refractivity contribution is -0.137. The quantitative estimate of drug-likeness (QED) is 0.540. The number of Topliss-reactive ketones (excluding diaryl/α,β-unsaturated/α-hetero) is 1. The summed E-state index contributed by atoms with van der Waals surface area (Å²) in [5.41, 5.74) is 1.95. The molecule has 19 heavy (non-hydrogen) atoms. The van der Waals surface area contributed by atoms with Gasteiger partial charge in [-0.2, -0.15) is 0 Å². The van der Waals surface area contributed by atoms with E-state index in [-0.39, 0.29) is 12.2 Å². The first kappa shape index (κ1) is 15.4. The smallest absolute Gasteiger partial charge is 0.303 e. The number of carboxylic acid groups (broad SMARTS) is 1. The molecule has 1 N–H and O–H groups in total. The fraction of sp³-hybridized carbons (Fsp3) is 0.500. The van der Waals surface area contributed by atoms with Crippen LogP contribution in [0.1, 0.15) is 60.9 Å². The first-order chi connectivity index (χ1) is 9.09. The Morgan fingerprint density at radius 3 is 2.00 bits per heavy atom. The minimum absolute atomic E-state index is 0.200. The molecule has 0 fully saturated rings. The summed E-state index contributed by atoms with van der Waals surface area (Å²) in [6, 6.07) is 7.67. The molecule has 3 heteroatoms. The normalized spacial score (nSPS) is 10.4. The lowest BCUT2D eigenvalue weighted by Gasteiger charge is -2.02. The minimum Gasteiger partial charge on any atom is -0.481 e. The first-order valence-corrected chi connectivity index (χ1v) is 6.91. The molecule has 104 valence electrons. The van der Waals surface area contributed by atoms with Crippen LogP contribution in [0, 0.1) is 6.92 Å². The second-order valence-electron chi connectivity index (χ2n) is 4.95. The van der Waals surface area contributed by atoms with E-state index in [1.165, 1.54) is 0 Å². The van der Waals surface area contributed by atoms with Crippen LogP contribution in [0.3, 0.4) is 0 Å². The molecular weight excluding hydrogens is 240 g/mol. The number of aliphatic carboxylic acids is 1. The highest BCUT2D eigenvalue weighted by molar-refractivity contribution is 5.96. The van der Waals surface area contributed by atoms with Gasteiger partial charge in [0.1, 0.15) is 0 Å². The van der Waals surface area contributed by atoms with Crippen molar-refractivity contribution in [2.24, 2.45) is 0 Å². The number of benzene rings is 1. The van der Waals surface area contributed by atoms with E-state index >= 15 is 0 Å². The van der Waals surface area contributed by atoms with E-state index in [1.54, 1.807) is 0 Å². The van der Waals surface area contributed by atoms with Crippen LogP contribution in [0.25, 0.3) is 0 Å². The third-order valence-electron chi connectivity index (χ3n) is 3.17. The van der Waals surface area contributed by atoms with Crippen molar-refractivity contribution in [2.45, 2.75) is 51.9 Å². The summed E-state index contributed by atoms with van der Waals surface area (Å²) < 4.78 is 0. The van der Waals surface area contributed by atoms with Crippen molar-refractivity contribution in [2.75, 3.05) is 0 Å². The largest absolute Gasteiger partial charge is 0.481 e. The van der Waals surface area contributed by atoms with Crippen molar-refractivity contribution in [3.63, 3.8) is 0 Å². The molecule has 0 radical (unpaired) electrons. The zero-order valence-electron chi connectivity index (χ0n) is 11.5. The molecule has 3 nitrogen and oxygen atoms in total. The molecule has 0 atom stereocenters. The van der Waals surface area contributed by atoms with Crippen molar-refractivity contribution >= 4 is 11.8 Å². The molecule has 0 amide bonds. The molecule has 0 aliphatic heterocycles. The molecule has 1 rings (SSSR count). The van der Waals surface area contributed by atoms with Gasteiger partial charge in [-0.1, -0.05) is 49.1 Å². The summed E-state index contributed by atoms with van der Waals surface area (Å²) in [7, 11) is 0. The molecule has 0 aromatic heterocycles. The molecule has 0 aliphatic rings. The fourth-order valence-electron chi connectivity index (χ4n) is 1.98. The molecule has 0 saturated carbocycles. The van der Waals surface area contributed by atoms with Crippen LogP contribution in [-0.2, 0) is 4.79 Å². The van der Waals surface area contributed by atoms with E-state index < -0.39 is 5.97 Å². The maximum atomic E-state index is 11.9. The summed E-state index contributed by atoms with van der Waals surface area (Å²) in [6.07, 6.45) is 5.40. The summed E-state index contributed by atoms with van der Waals surface area (Å²) in [5.74, 6) is -0.528. The van der Waals surface area contributed by atoms with E-state index in [0.717, 1.165) is 43.2 Å². The molecule has 1 aromatic carbocycles. The number of aryl methyl sites for hydroxylation is 1. The second kappa shape index (κ2) is 8.46. The molecule has 0 bridgehead atoms. The van der Waals surface area contributed by atoms with Gasteiger partial charge in [-0.3, -0.25) is 9.59 Å². The monoisotopic (exact) mass is 262 g/mol. The zero-order valence-corrected chi connectivity index (χ0v) is 11.5. The molecule has 0 spiro atoms. The van der Waals surface area contributed by atoms with Crippen LogP contribution < -0.4 is 0 Å². The lowest BCUT2D eigenvalue weighted by atomic mass is 10.0. The van der Waals surface area contributed by atoms with Crippen molar-refractivity contribution in [3.8, 4) is 0 Å². The Morgan fingerprint density at radius 2 is 1.42 bits per heavy atom. The number of carboxylic acids is 1. The van der Waals surface area contributed by atoms with Crippen LogP contribution in [-0.4, -0.2) is 16.9 Å². The summed E-state index contributed by atoms with van der Waals surface area (Å²) in [4.78, 5) is 22.2. The van der Waals surface area contributed by atoms with Crippen LogP contribution in [0.5, 0.6) is 0 Å². The van der Waals surface area contributed by atoms with Gasteiger partial charge in [0.15, 0.2) is 5.78 Å². The van der Waals surface area contributed by atoms with Crippen LogP contribution >= 0.6 is 0 Å². The third-order valence-corrected chi connectivity index (χ3v) is 3.17. The predicted molar refractivity (Wildman–Crippen MR) is 75.5 cm³/mol. The molecule has 0 saturated heterocycles. The predicted octanol–water partition coefficient (Wildman–Crippen LogP) is 3.99. The summed E-state index contributed by atoms with van der Waals surface area (Å²) in [5, 5.41) is 8.49. The fourth-order valence-corrected chi connectivity index (χ4v) is 1.98. The third kappa shape index (κ3) is 6.75. The van der Waals surface area contributed by atoms with Gasteiger partial charge >= 0.3 is 5.97 Å². The Kier molecular flexibility index (Phi) is 6.86.